The van der Waals surface area contributed by atoms with Gasteiger partial charge in [-0.15, -0.1) is 0 Å². The first-order chi connectivity index (χ1) is 7.59. The highest BCUT2D eigenvalue weighted by Crippen LogP contribution is 2.16. The van der Waals surface area contributed by atoms with Crippen molar-refractivity contribution in [3.63, 3.8) is 0 Å². The van der Waals surface area contributed by atoms with Gasteiger partial charge in [-0.2, -0.15) is 0 Å². The van der Waals surface area contributed by atoms with Crippen LogP contribution in [0.25, 0.3) is 0 Å². The van der Waals surface area contributed by atoms with E-state index < -0.39 is 0 Å². The van der Waals surface area contributed by atoms with Crippen molar-refractivity contribution in [2.75, 3.05) is 6.54 Å². The van der Waals surface area contributed by atoms with E-state index in [0.29, 0.717) is 6.04 Å². The van der Waals surface area contributed by atoms with Crippen LogP contribution in [-0.4, -0.2) is 12.6 Å². The summed E-state index contributed by atoms with van der Waals surface area (Å²) in [5.41, 5.74) is 1.02. The molecular weight excluding hydrogens is 225 g/mol. The fraction of sp³-hybridized carbons (Fsp3) is 0.538. The van der Waals surface area contributed by atoms with E-state index in [1.54, 1.807) is 6.07 Å². The third kappa shape index (κ3) is 4.95. The van der Waals surface area contributed by atoms with Crippen LogP contribution in [-0.2, 0) is 6.42 Å². The van der Waals surface area contributed by atoms with Crippen LogP contribution >= 0.6 is 11.6 Å². The Bertz CT molecular complexity index is 326. The maximum atomic E-state index is 13.1. The van der Waals surface area contributed by atoms with Crippen LogP contribution in [0.2, 0.25) is 5.02 Å². The van der Waals surface area contributed by atoms with Gasteiger partial charge in [-0.25, -0.2) is 4.39 Å². The third-order valence-corrected chi connectivity index (χ3v) is 2.74. The molecule has 1 N–H and O–H groups in total. The highest BCUT2D eigenvalue weighted by molar-refractivity contribution is 6.30. The molecule has 90 valence electrons. The summed E-state index contributed by atoms with van der Waals surface area (Å²) in [6.07, 6.45) is 3.09. The van der Waals surface area contributed by atoms with Gasteiger partial charge in [0.25, 0.3) is 0 Å². The van der Waals surface area contributed by atoms with E-state index in [0.717, 1.165) is 31.4 Å². The van der Waals surface area contributed by atoms with Gasteiger partial charge >= 0.3 is 0 Å². The molecule has 0 heterocycles. The molecule has 0 amide bonds. The lowest BCUT2D eigenvalue weighted by molar-refractivity contribution is 0.557. The van der Waals surface area contributed by atoms with Crippen molar-refractivity contribution >= 4 is 11.6 Å². The van der Waals surface area contributed by atoms with Gasteiger partial charge in [-0.1, -0.05) is 31.5 Å². The van der Waals surface area contributed by atoms with Gasteiger partial charge in [0, 0.05) is 6.04 Å². The van der Waals surface area contributed by atoms with Crippen LogP contribution in [0.5, 0.6) is 0 Å². The molecule has 0 atom stereocenters. The average Bonchev–Trinajstić information content (AvgIpc) is 2.22. The van der Waals surface area contributed by atoms with Gasteiger partial charge in [-0.3, -0.25) is 0 Å². The topological polar surface area (TPSA) is 12.0 Å². The van der Waals surface area contributed by atoms with Crippen molar-refractivity contribution in [1.29, 1.82) is 0 Å². The Kier molecular flexibility index (Phi) is 5.78. The normalized spacial score (nSPS) is 11.1. The van der Waals surface area contributed by atoms with E-state index in [2.05, 4.69) is 19.2 Å². The largest absolute Gasteiger partial charge is 0.315 e. The van der Waals surface area contributed by atoms with E-state index >= 15 is 0 Å². The standard InChI is InChI=1S/C13H19ClFN/c1-10(2)16-8-4-3-5-11-6-7-12(14)13(15)9-11/h6-7,9-10,16H,3-5,8H2,1-2H3. The van der Waals surface area contributed by atoms with Crippen LogP contribution in [0.4, 0.5) is 4.39 Å². The third-order valence-electron chi connectivity index (χ3n) is 2.43. The quantitative estimate of drug-likeness (QED) is 0.750. The number of benzene rings is 1. The van der Waals surface area contributed by atoms with E-state index in [-0.39, 0.29) is 10.8 Å². The van der Waals surface area contributed by atoms with Gasteiger partial charge in [0.15, 0.2) is 0 Å². The minimum atomic E-state index is -0.320. The van der Waals surface area contributed by atoms with Crippen LogP contribution in [0.1, 0.15) is 32.3 Å². The SMILES string of the molecule is CC(C)NCCCCc1ccc(Cl)c(F)c1. The molecule has 0 aliphatic heterocycles. The zero-order chi connectivity index (χ0) is 12.0. The summed E-state index contributed by atoms with van der Waals surface area (Å²) in [4.78, 5) is 0. The lowest BCUT2D eigenvalue weighted by atomic mass is 10.1. The highest BCUT2D eigenvalue weighted by Gasteiger charge is 2.00. The molecule has 0 aliphatic carbocycles. The minimum Gasteiger partial charge on any atom is -0.315 e. The maximum absolute atomic E-state index is 13.1. The summed E-state index contributed by atoms with van der Waals surface area (Å²) < 4.78 is 13.1. The highest BCUT2D eigenvalue weighted by atomic mass is 35.5. The van der Waals surface area contributed by atoms with Crippen LogP contribution < -0.4 is 5.32 Å². The summed E-state index contributed by atoms with van der Waals surface area (Å²) in [6, 6.07) is 5.57. The molecule has 16 heavy (non-hydrogen) atoms. The number of aryl methyl sites for hydroxylation is 1. The van der Waals surface area contributed by atoms with Crippen LogP contribution in [0, 0.1) is 5.82 Å². The Labute approximate surface area is 102 Å². The Morgan fingerprint density at radius 2 is 2.06 bits per heavy atom. The zero-order valence-corrected chi connectivity index (χ0v) is 10.6. The molecule has 0 bridgehead atoms. The van der Waals surface area contributed by atoms with Crippen molar-refractivity contribution in [3.8, 4) is 0 Å². The van der Waals surface area contributed by atoms with Crippen molar-refractivity contribution in [2.24, 2.45) is 0 Å². The lowest BCUT2D eigenvalue weighted by Gasteiger charge is -2.07. The van der Waals surface area contributed by atoms with E-state index in [1.807, 2.05) is 6.07 Å². The molecule has 1 nitrogen and oxygen atoms in total. The predicted molar refractivity (Wildman–Crippen MR) is 67.5 cm³/mol. The molecule has 3 heteroatoms. The van der Waals surface area contributed by atoms with Gasteiger partial charge < -0.3 is 5.32 Å². The summed E-state index contributed by atoms with van der Waals surface area (Å²) >= 11 is 5.61. The summed E-state index contributed by atoms with van der Waals surface area (Å²) in [5.74, 6) is -0.320. The van der Waals surface area contributed by atoms with Crippen molar-refractivity contribution in [2.45, 2.75) is 39.2 Å². The number of rotatable bonds is 6. The second kappa shape index (κ2) is 6.87. The first-order valence-corrected chi connectivity index (χ1v) is 6.14. The molecular formula is C13H19ClFN. The van der Waals surface area contributed by atoms with Gasteiger partial charge in [0.1, 0.15) is 5.82 Å². The Hall–Kier alpha value is -0.600. The predicted octanol–water partition coefficient (Wildman–Crippen LogP) is 3.80. The molecule has 0 spiro atoms. The second-order valence-corrected chi connectivity index (χ2v) is 4.72. The number of nitrogens with one attached hydrogen (secondary N) is 1. The molecule has 0 aliphatic rings. The second-order valence-electron chi connectivity index (χ2n) is 4.31. The Morgan fingerprint density at radius 1 is 1.31 bits per heavy atom. The molecule has 1 aromatic rings. The van der Waals surface area contributed by atoms with Gasteiger partial charge in [0.05, 0.1) is 5.02 Å². The number of unbranched alkanes of at least 4 members (excludes halogenated alkanes) is 1. The van der Waals surface area contributed by atoms with Gasteiger partial charge in [-0.05, 0) is 43.5 Å². The Morgan fingerprint density at radius 3 is 2.69 bits per heavy atom. The summed E-state index contributed by atoms with van der Waals surface area (Å²) in [5, 5.41) is 3.56. The first-order valence-electron chi connectivity index (χ1n) is 5.77. The molecule has 0 unspecified atom stereocenters. The van der Waals surface area contributed by atoms with E-state index in [9.17, 15) is 4.39 Å². The molecule has 0 fully saturated rings. The summed E-state index contributed by atoms with van der Waals surface area (Å²) in [6.45, 7) is 5.29. The number of hydrogen-bond acceptors (Lipinski definition) is 1. The number of hydrogen-bond donors (Lipinski definition) is 1. The summed E-state index contributed by atoms with van der Waals surface area (Å²) in [7, 11) is 0. The molecule has 0 saturated heterocycles. The van der Waals surface area contributed by atoms with E-state index in [4.69, 9.17) is 11.6 Å². The number of halogens is 2. The van der Waals surface area contributed by atoms with Crippen LogP contribution in [0.15, 0.2) is 18.2 Å². The fourth-order valence-corrected chi connectivity index (χ4v) is 1.66. The van der Waals surface area contributed by atoms with Crippen LogP contribution in [0.3, 0.4) is 0 Å². The zero-order valence-electron chi connectivity index (χ0n) is 9.89. The average molecular weight is 244 g/mol. The van der Waals surface area contributed by atoms with Crippen molar-refractivity contribution < 1.29 is 4.39 Å². The molecule has 1 aromatic carbocycles. The molecule has 0 aromatic heterocycles. The smallest absolute Gasteiger partial charge is 0.142 e. The van der Waals surface area contributed by atoms with Crippen molar-refractivity contribution in [1.82, 2.24) is 5.32 Å². The monoisotopic (exact) mass is 243 g/mol. The van der Waals surface area contributed by atoms with E-state index in [1.165, 1.54) is 6.07 Å². The first kappa shape index (κ1) is 13.5. The molecule has 0 radical (unpaired) electrons. The molecule has 0 saturated carbocycles. The fourth-order valence-electron chi connectivity index (χ4n) is 1.54. The Balaban J connectivity index is 2.24. The molecule has 1 rings (SSSR count). The lowest BCUT2D eigenvalue weighted by Crippen LogP contribution is -2.23. The maximum Gasteiger partial charge on any atom is 0.142 e. The van der Waals surface area contributed by atoms with Gasteiger partial charge in [0.2, 0.25) is 0 Å². The van der Waals surface area contributed by atoms with Crippen molar-refractivity contribution in [3.05, 3.63) is 34.6 Å². The minimum absolute atomic E-state index is 0.199.